The molecule has 0 heterocycles. The lowest BCUT2D eigenvalue weighted by atomic mass is 9.53. The van der Waals surface area contributed by atoms with E-state index >= 15 is 0 Å². The number of fused-ring (bicyclic) bond motifs is 1. The first-order chi connectivity index (χ1) is 45.2. The lowest BCUT2D eigenvalue weighted by Crippen LogP contribution is -2.77. The fraction of sp³-hybridized carbons (Fsp3) is 1.00. The molecule has 0 aromatic rings. The molecule has 0 saturated heterocycles. The van der Waals surface area contributed by atoms with Crippen LogP contribution in [0.4, 0.5) is 162 Å². The van der Waals surface area contributed by atoms with Gasteiger partial charge in [-0.25, -0.2) is 30.7 Å². The molecule has 0 radical (unpaired) electrons. The molecule has 28 atom stereocenters. The first-order valence-corrected chi connectivity index (χ1v) is 33.0. The van der Waals surface area contributed by atoms with E-state index in [9.17, 15) is 162 Å². The summed E-state index contributed by atoms with van der Waals surface area (Å²) in [7, 11) is 0. The number of hydrogen-bond donors (Lipinski definition) is 0. The second kappa shape index (κ2) is 33.5. The first-order valence-electron chi connectivity index (χ1n) is 33.5. The summed E-state index contributed by atoms with van der Waals surface area (Å²) < 4.78 is 479. The summed E-state index contributed by atoms with van der Waals surface area (Å²) in [6.07, 6.45) is -41.2. The van der Waals surface area contributed by atoms with Gasteiger partial charge in [0.15, 0.2) is 6.17 Å². The molecule has 9 aliphatic rings. The van der Waals surface area contributed by atoms with E-state index in [0.717, 1.165) is 33.1 Å². The van der Waals surface area contributed by atoms with E-state index in [0.29, 0.717) is 32.1 Å². The van der Waals surface area contributed by atoms with Crippen LogP contribution >= 0.6 is 0 Å². The van der Waals surface area contributed by atoms with Crippen molar-refractivity contribution in [3.05, 3.63) is 0 Å². The van der Waals surface area contributed by atoms with Crippen LogP contribution in [0.2, 0.25) is 0 Å². The maximum Gasteiger partial charge on any atom is 0.394 e. The van der Waals surface area contributed by atoms with Gasteiger partial charge in [-0.3, -0.25) is 0 Å². The fourth-order valence-electron chi connectivity index (χ4n) is 17.2. The quantitative estimate of drug-likeness (QED) is 0.212. The van der Waals surface area contributed by atoms with Crippen molar-refractivity contribution < 1.29 is 164 Å². The molecule has 0 nitrogen and oxygen atoms in total. The summed E-state index contributed by atoms with van der Waals surface area (Å²) in [6.45, 7) is 17.7. The molecule has 9 fully saturated rings. The van der Waals surface area contributed by atoms with Crippen molar-refractivity contribution in [1.82, 2.24) is 0 Å². The van der Waals surface area contributed by atoms with E-state index < -0.39 is 211 Å². The zero-order valence-electron chi connectivity index (χ0n) is 59.0. The molecule has 0 spiro atoms. The SMILES string of the molecule is C.CC1C(C(F)(F)F)C(C(F)(F)F)C(C)[C@@H](C)C1C(F)(F)F.CC1C(F)C(F)C(F)[C@@H](C)C1F.CC1CC(C(F)(F)F)C[C@@H](C)C1.CC1C[C@H](C)CC(C(F)(F)F)C1C(F)(F)F.CC1[C@H]2CC[C@@H]1C2(C)C(F)(F)F.C[C@H]1C(F)(F)C(C)(F)C(F)(F)C(F)(F)C1(F)F.[2H][C@]1(C)CC(C)CC(C(F)(F)F)C1. The van der Waals surface area contributed by atoms with Crippen molar-refractivity contribution in [3.8, 4) is 0 Å². The van der Waals surface area contributed by atoms with Crippen molar-refractivity contribution in [1.29, 1.82) is 0 Å². The Balaban J connectivity index is 0.000000611. The minimum atomic E-state index is -6.19. The van der Waals surface area contributed by atoms with Crippen LogP contribution in [0.5, 0.6) is 0 Å². The molecule has 103 heavy (non-hydrogen) atoms. The van der Waals surface area contributed by atoms with Crippen LogP contribution in [0.1, 0.15) is 177 Å². The van der Waals surface area contributed by atoms with E-state index in [1.165, 1.54) is 27.7 Å². The topological polar surface area (TPSA) is 0 Å². The van der Waals surface area contributed by atoms with Crippen molar-refractivity contribution in [2.24, 2.45) is 136 Å². The Hall–Kier alpha value is -2.59. The van der Waals surface area contributed by atoms with Crippen molar-refractivity contribution in [3.63, 3.8) is 0 Å². The molecule has 0 aromatic carbocycles. The second-order valence-electron chi connectivity index (χ2n) is 30.7. The monoisotopic (exact) mass is 1590 g/mol. The molecule has 9 rings (SSSR count). The van der Waals surface area contributed by atoms with E-state index in [4.69, 9.17) is 1.37 Å². The Morgan fingerprint density at radius 1 is 0.311 bits per heavy atom. The van der Waals surface area contributed by atoms with Gasteiger partial charge in [0.1, 0.15) is 18.5 Å². The van der Waals surface area contributed by atoms with Crippen LogP contribution in [0.25, 0.3) is 0 Å². The number of hydrogen-bond acceptors (Lipinski definition) is 0. The van der Waals surface area contributed by atoms with Gasteiger partial charge < -0.3 is 0 Å². The number of halogens is 37. The first kappa shape index (κ1) is 96.5. The largest absolute Gasteiger partial charge is 0.394 e. The van der Waals surface area contributed by atoms with Gasteiger partial charge in [-0.2, -0.15) is 132 Å². The van der Waals surface area contributed by atoms with Crippen LogP contribution in [-0.2, 0) is 0 Å². The highest BCUT2D eigenvalue weighted by Gasteiger charge is 2.91. The molecule has 0 aliphatic heterocycles. The van der Waals surface area contributed by atoms with Gasteiger partial charge in [0, 0.05) is 13.2 Å². The smallest absolute Gasteiger partial charge is 0.247 e. The molecule has 37 heteroatoms. The van der Waals surface area contributed by atoms with E-state index in [-0.39, 0.29) is 69.1 Å². The Kier molecular flexibility index (Phi) is 31.4. The van der Waals surface area contributed by atoms with Gasteiger partial charge in [0.05, 0.1) is 52.8 Å². The second-order valence-corrected chi connectivity index (χ2v) is 30.7. The van der Waals surface area contributed by atoms with E-state index in [2.05, 4.69) is 0 Å². The lowest BCUT2D eigenvalue weighted by Gasteiger charge is -2.53. The van der Waals surface area contributed by atoms with Gasteiger partial charge in [0.2, 0.25) is 5.67 Å². The maximum atomic E-state index is 13.2. The fourth-order valence-corrected chi connectivity index (χ4v) is 17.2. The predicted octanol–water partition coefficient (Wildman–Crippen LogP) is 27.5. The molecule has 0 aromatic heterocycles. The zero-order valence-corrected chi connectivity index (χ0v) is 58.0. The minimum Gasteiger partial charge on any atom is -0.247 e. The predicted molar refractivity (Wildman–Crippen MR) is 309 cm³/mol. The molecule has 0 N–H and O–H groups in total. The van der Waals surface area contributed by atoms with Gasteiger partial charge in [-0.15, -0.1) is 0 Å². The van der Waals surface area contributed by atoms with Gasteiger partial charge in [-0.1, -0.05) is 104 Å². The van der Waals surface area contributed by atoms with Gasteiger partial charge in [-0.05, 0) is 142 Å². The molecular formula is C66H95F37. The van der Waals surface area contributed by atoms with Crippen LogP contribution in [-0.4, -0.2) is 103 Å². The van der Waals surface area contributed by atoms with Crippen LogP contribution < -0.4 is 0 Å². The number of alkyl halides is 37. The minimum absolute atomic E-state index is 0. The maximum absolute atomic E-state index is 13.2. The van der Waals surface area contributed by atoms with Crippen LogP contribution in [0, 0.1) is 136 Å². The number of rotatable bonds is 0. The molecule has 618 valence electrons. The summed E-state index contributed by atoms with van der Waals surface area (Å²) in [5.74, 6) is -51.1. The highest BCUT2D eigenvalue weighted by Crippen LogP contribution is 2.72. The zero-order chi connectivity index (χ0) is 82.0. The summed E-state index contributed by atoms with van der Waals surface area (Å²) in [5.41, 5.74) is -6.41. The standard InChI is InChI=1S/C12H15F9.C10H14F6.C9H13F3.2C9H15F3.C8H7F9.C8H12F4.CH4/c1-4-5(2)8(11(16,17)18)9(12(19,20)21)6(3)7(4)10(13,14)15;1-5-3-6(2)8(10(14,15)16)7(4-5)9(11,12)13;1-5-6-3-4-7(5)8(6,2)9(10,11)12;2*1-6-3-7(2)5-8(4-6)9(10,11)12;1-3-5(10,11)4(2,9)7(14,15)8(16,17)6(3,12)13;1-3-5(9)4(2)7(11)8(12)6(3)10;/h4-9H,1-3H3;5-8H,3-4H2,1-2H3;5-7H,3-4H2,1-2H3;2*6-8H,3-5H2,1-2H3;3H,1-2H3;3-8H,1-2H3;1H4/t4-,5?,6?,7?,8?,9?;5-,6?,7?,8?;5?,6-,7+,8?;2*6-,7?,8?;3-,4?;3-,4?,5?,6?,7?,8?;/m10.0000./s1/i;;;6D;;;;. The Bertz CT molecular complexity index is 2500. The third-order valence-electron chi connectivity index (χ3n) is 22.9. The summed E-state index contributed by atoms with van der Waals surface area (Å²) in [6, 6.07) is 0. The molecule has 9 aliphatic carbocycles. The Morgan fingerprint density at radius 3 is 0.951 bits per heavy atom. The molecular weight excluding hydrogens is 1500 g/mol. The highest BCUT2D eigenvalue weighted by molar-refractivity contribution is 5.20. The highest BCUT2D eigenvalue weighted by atomic mass is 19.4. The van der Waals surface area contributed by atoms with E-state index in [1.807, 2.05) is 20.8 Å². The third-order valence-corrected chi connectivity index (χ3v) is 22.9. The average molecular weight is 1590 g/mol. The van der Waals surface area contributed by atoms with Crippen molar-refractivity contribution >= 4 is 0 Å². The third kappa shape index (κ3) is 21.5. The molecule has 9 saturated carbocycles. The Labute approximate surface area is 577 Å². The van der Waals surface area contributed by atoms with Crippen molar-refractivity contribution in [2.45, 2.75) is 279 Å². The average Bonchev–Trinajstić information content (AvgIpc) is 0.966. The summed E-state index contributed by atoms with van der Waals surface area (Å²) >= 11 is 0. The molecule has 20 unspecified atom stereocenters. The van der Waals surface area contributed by atoms with E-state index in [1.54, 1.807) is 20.8 Å². The summed E-state index contributed by atoms with van der Waals surface area (Å²) in [5, 5.41) is 0. The Morgan fingerprint density at radius 2 is 0.641 bits per heavy atom. The molecule has 0 amide bonds. The normalized spacial score (nSPS) is 43.1. The van der Waals surface area contributed by atoms with Gasteiger partial charge >= 0.3 is 67.2 Å². The summed E-state index contributed by atoms with van der Waals surface area (Å²) in [4.78, 5) is 0. The lowest BCUT2D eigenvalue weighted by molar-refractivity contribution is -0.431. The van der Waals surface area contributed by atoms with Crippen LogP contribution in [0.15, 0.2) is 0 Å². The van der Waals surface area contributed by atoms with Crippen molar-refractivity contribution in [2.75, 3.05) is 0 Å². The van der Waals surface area contributed by atoms with Gasteiger partial charge in [0.25, 0.3) is 5.92 Å². The van der Waals surface area contributed by atoms with Crippen LogP contribution in [0.3, 0.4) is 0 Å². The molecule has 2 bridgehead atoms.